The van der Waals surface area contributed by atoms with E-state index in [9.17, 15) is 5.11 Å². The van der Waals surface area contributed by atoms with Gasteiger partial charge in [0.05, 0.1) is 12.7 Å². The highest BCUT2D eigenvalue weighted by Crippen LogP contribution is 2.38. The van der Waals surface area contributed by atoms with Crippen LogP contribution >= 0.6 is 0 Å². The molecule has 0 amide bonds. The van der Waals surface area contributed by atoms with Crippen LogP contribution < -0.4 is 4.74 Å². The van der Waals surface area contributed by atoms with E-state index >= 15 is 0 Å². The van der Waals surface area contributed by atoms with Crippen LogP contribution in [-0.2, 0) is 0 Å². The zero-order valence-corrected chi connectivity index (χ0v) is 27.9. The smallest absolute Gasteiger partial charge is 0.167 e. The van der Waals surface area contributed by atoms with Crippen LogP contribution in [0.4, 0.5) is 0 Å². The van der Waals surface area contributed by atoms with E-state index in [1.54, 1.807) is 19.2 Å². The fraction of sp³-hybridized carbons (Fsp3) is 0.417. The number of methoxy groups -OCH3 is 1. The number of ether oxygens (including phenoxy) is 1. The molecule has 3 aromatic carbocycles. The van der Waals surface area contributed by atoms with Crippen LogP contribution in [0.15, 0.2) is 18.2 Å². The maximum Gasteiger partial charge on any atom is 0.167 e. The topological polar surface area (TPSA) is 68.1 Å². The van der Waals surface area contributed by atoms with E-state index in [0.29, 0.717) is 28.8 Å². The molecule has 5 heteroatoms. The molecular formula is C36H49N3O2. The third kappa shape index (κ3) is 6.14. The molecule has 1 aromatic heterocycles. The third-order valence-electron chi connectivity index (χ3n) is 8.53. The van der Waals surface area contributed by atoms with Gasteiger partial charge < -0.3 is 9.84 Å². The van der Waals surface area contributed by atoms with Crippen LogP contribution in [0.25, 0.3) is 34.2 Å². The van der Waals surface area contributed by atoms with E-state index in [-0.39, 0.29) is 5.75 Å². The van der Waals surface area contributed by atoms with Crippen LogP contribution in [0, 0.1) is 69.2 Å². The predicted octanol–water partition coefficient (Wildman–Crippen LogP) is 9.72. The Morgan fingerprint density at radius 1 is 0.488 bits per heavy atom. The maximum atomic E-state index is 10.9. The summed E-state index contributed by atoms with van der Waals surface area (Å²) in [6.45, 7) is 29.5. The van der Waals surface area contributed by atoms with Crippen LogP contribution in [0.1, 0.15) is 83.3 Å². The molecule has 4 rings (SSSR count). The molecule has 0 saturated heterocycles. The molecule has 0 radical (unpaired) electrons. The highest BCUT2D eigenvalue weighted by Gasteiger charge is 2.23. The number of benzene rings is 3. The minimum absolute atomic E-state index is 0.0665. The molecule has 0 saturated carbocycles. The van der Waals surface area contributed by atoms with Gasteiger partial charge in [-0.15, -0.1) is 0 Å². The van der Waals surface area contributed by atoms with Crippen molar-refractivity contribution < 1.29 is 9.84 Å². The second kappa shape index (κ2) is 13.8. The number of aromatic nitrogens is 3. The van der Waals surface area contributed by atoms with Gasteiger partial charge in [-0.05, 0) is 137 Å². The Kier molecular flexibility index (Phi) is 11.2. The summed E-state index contributed by atoms with van der Waals surface area (Å²) in [5.41, 5.74) is 14.8. The first-order chi connectivity index (χ1) is 19.4. The Hall–Kier alpha value is -3.73. The average molecular weight is 556 g/mol. The van der Waals surface area contributed by atoms with E-state index in [2.05, 4.69) is 69.2 Å². The van der Waals surface area contributed by atoms with Crippen molar-refractivity contribution in [2.24, 2.45) is 0 Å². The van der Waals surface area contributed by atoms with Gasteiger partial charge in [0.1, 0.15) is 11.5 Å². The van der Waals surface area contributed by atoms with E-state index in [0.717, 1.165) is 33.4 Å². The summed E-state index contributed by atoms with van der Waals surface area (Å²) >= 11 is 0. The molecule has 1 heterocycles. The molecule has 1 N–H and O–H groups in total. The van der Waals surface area contributed by atoms with Gasteiger partial charge in [-0.1, -0.05) is 27.7 Å². The minimum atomic E-state index is 0.0665. The SMILES string of the molecule is CC.CC.COc1ccc(-c2nc(-c3c(C)c(C)c(C)c(C)c3C)nc(-c3c(C)c(C)c(C)c(C)c3C)n2)c(O)c1. The lowest BCUT2D eigenvalue weighted by Crippen LogP contribution is -2.08. The van der Waals surface area contributed by atoms with Crippen molar-refractivity contribution in [3.8, 4) is 45.7 Å². The first-order valence-electron chi connectivity index (χ1n) is 14.7. The highest BCUT2D eigenvalue weighted by atomic mass is 16.5. The molecule has 4 aromatic rings. The number of aromatic hydroxyl groups is 1. The van der Waals surface area contributed by atoms with Crippen LogP contribution in [0.3, 0.4) is 0 Å². The number of phenols is 1. The van der Waals surface area contributed by atoms with Gasteiger partial charge in [0.15, 0.2) is 17.5 Å². The molecule has 0 atom stereocenters. The van der Waals surface area contributed by atoms with Crippen molar-refractivity contribution in [2.45, 2.75) is 96.9 Å². The molecule has 0 aliphatic carbocycles. The summed E-state index contributed by atoms with van der Waals surface area (Å²) in [4.78, 5) is 15.0. The van der Waals surface area contributed by atoms with Crippen LogP contribution in [-0.4, -0.2) is 27.2 Å². The lowest BCUT2D eigenvalue weighted by molar-refractivity contribution is 0.408. The molecule has 41 heavy (non-hydrogen) atoms. The van der Waals surface area contributed by atoms with Gasteiger partial charge in [0, 0.05) is 17.2 Å². The average Bonchev–Trinajstić information content (AvgIpc) is 2.99. The molecule has 5 nitrogen and oxygen atoms in total. The summed E-state index contributed by atoms with van der Waals surface area (Å²) in [5.74, 6) is 2.31. The van der Waals surface area contributed by atoms with Crippen molar-refractivity contribution >= 4 is 0 Å². The highest BCUT2D eigenvalue weighted by molar-refractivity contribution is 5.77. The Morgan fingerprint density at radius 2 is 0.805 bits per heavy atom. The van der Waals surface area contributed by atoms with E-state index in [1.165, 1.54) is 33.4 Å². The van der Waals surface area contributed by atoms with Gasteiger partial charge in [0.25, 0.3) is 0 Å². The second-order valence-corrected chi connectivity index (χ2v) is 10.2. The fourth-order valence-electron chi connectivity index (χ4n) is 5.22. The maximum absolute atomic E-state index is 10.9. The van der Waals surface area contributed by atoms with Gasteiger partial charge in [0.2, 0.25) is 0 Å². The summed E-state index contributed by atoms with van der Waals surface area (Å²) in [7, 11) is 1.58. The molecular weight excluding hydrogens is 506 g/mol. The number of hydrogen-bond acceptors (Lipinski definition) is 5. The fourth-order valence-corrected chi connectivity index (χ4v) is 5.22. The molecule has 0 bridgehead atoms. The van der Waals surface area contributed by atoms with Crippen molar-refractivity contribution in [2.75, 3.05) is 7.11 Å². The third-order valence-corrected chi connectivity index (χ3v) is 8.53. The number of nitrogens with zero attached hydrogens (tertiary/aromatic N) is 3. The van der Waals surface area contributed by atoms with Crippen LogP contribution in [0.5, 0.6) is 11.5 Å². The second-order valence-electron chi connectivity index (χ2n) is 10.2. The quantitative estimate of drug-likeness (QED) is 0.271. The molecule has 0 aliphatic heterocycles. The molecule has 0 aliphatic rings. The molecule has 0 fully saturated rings. The molecule has 0 spiro atoms. The normalized spacial score (nSPS) is 10.4. The molecule has 0 unspecified atom stereocenters. The van der Waals surface area contributed by atoms with E-state index < -0.39 is 0 Å². The van der Waals surface area contributed by atoms with E-state index in [1.807, 2.05) is 33.8 Å². The minimum Gasteiger partial charge on any atom is -0.507 e. The summed E-state index contributed by atoms with van der Waals surface area (Å²) in [6, 6.07) is 5.20. The number of phenolic OH excluding ortho intramolecular Hbond substituents is 1. The van der Waals surface area contributed by atoms with Crippen LogP contribution in [0.2, 0.25) is 0 Å². The predicted molar refractivity (Wildman–Crippen MR) is 174 cm³/mol. The Bertz CT molecular complexity index is 1420. The zero-order chi connectivity index (χ0) is 31.3. The van der Waals surface area contributed by atoms with E-state index in [4.69, 9.17) is 19.7 Å². The Morgan fingerprint density at radius 3 is 1.12 bits per heavy atom. The van der Waals surface area contributed by atoms with Gasteiger partial charge in [-0.3, -0.25) is 0 Å². The summed E-state index contributed by atoms with van der Waals surface area (Å²) in [6.07, 6.45) is 0. The lowest BCUT2D eigenvalue weighted by atomic mass is 9.88. The van der Waals surface area contributed by atoms with Gasteiger partial charge >= 0.3 is 0 Å². The first kappa shape index (κ1) is 33.5. The lowest BCUT2D eigenvalue weighted by Gasteiger charge is -2.21. The van der Waals surface area contributed by atoms with Crippen molar-refractivity contribution in [3.63, 3.8) is 0 Å². The standard InChI is InChI=1S/C32H37N3O2.2C2H6/c1-15-17(3)21(7)28(22(8)18(15)4)31-33-30(26-13-12-25(37-11)14-27(26)36)34-32(35-31)29-23(9)19(5)16(2)20(6)24(29)10;2*1-2/h12-14,36H,1-11H3;2*1-2H3. The van der Waals surface area contributed by atoms with Gasteiger partial charge in [-0.2, -0.15) is 0 Å². The van der Waals surface area contributed by atoms with Crippen molar-refractivity contribution in [3.05, 3.63) is 73.8 Å². The first-order valence-corrected chi connectivity index (χ1v) is 14.7. The van der Waals surface area contributed by atoms with Crippen molar-refractivity contribution in [1.29, 1.82) is 0 Å². The summed E-state index contributed by atoms with van der Waals surface area (Å²) < 4.78 is 5.30. The molecule has 220 valence electrons. The van der Waals surface area contributed by atoms with Crippen molar-refractivity contribution in [1.82, 2.24) is 15.0 Å². The number of rotatable bonds is 4. The number of hydrogen-bond donors (Lipinski definition) is 1. The monoisotopic (exact) mass is 555 g/mol. The largest absolute Gasteiger partial charge is 0.507 e. The Labute approximate surface area is 248 Å². The zero-order valence-electron chi connectivity index (χ0n) is 27.9. The van der Waals surface area contributed by atoms with Gasteiger partial charge in [-0.25, -0.2) is 15.0 Å². The Balaban J connectivity index is 0.00000141. The summed E-state index contributed by atoms with van der Waals surface area (Å²) in [5, 5.41) is 10.9.